The maximum atomic E-state index is 12.4. The molecule has 0 radical (unpaired) electrons. The molecule has 1 aliphatic heterocycles. The van der Waals surface area contributed by atoms with E-state index in [0.29, 0.717) is 17.9 Å². The molecule has 4 rings (SSSR count). The van der Waals surface area contributed by atoms with E-state index >= 15 is 0 Å². The van der Waals surface area contributed by atoms with Gasteiger partial charge in [-0.05, 0) is 48.2 Å². The molecule has 0 saturated carbocycles. The number of likely N-dealkylation sites (tertiary alicyclic amines) is 1. The Kier molecular flexibility index (Phi) is 7.41. The SMILES string of the molecule is COc1ccccc1Oc1cccc(CN2CC[C@H](NC(=O)CCc3ccccc3)C2)c1. The average molecular weight is 431 g/mol. The summed E-state index contributed by atoms with van der Waals surface area (Å²) in [5.74, 6) is 2.33. The van der Waals surface area contributed by atoms with Crippen molar-refractivity contribution in [3.63, 3.8) is 0 Å². The molecule has 3 aromatic rings. The smallest absolute Gasteiger partial charge is 0.220 e. The summed E-state index contributed by atoms with van der Waals surface area (Å²) in [7, 11) is 1.64. The van der Waals surface area contributed by atoms with Gasteiger partial charge in [0.25, 0.3) is 0 Å². The number of methoxy groups -OCH3 is 1. The molecule has 1 saturated heterocycles. The number of ether oxygens (including phenoxy) is 2. The highest BCUT2D eigenvalue weighted by molar-refractivity contribution is 5.76. The monoisotopic (exact) mass is 430 g/mol. The number of nitrogens with one attached hydrogen (secondary N) is 1. The first-order valence-corrected chi connectivity index (χ1v) is 11.1. The molecule has 1 heterocycles. The molecule has 0 spiro atoms. The Labute approximate surface area is 190 Å². The van der Waals surface area contributed by atoms with E-state index in [0.717, 1.165) is 38.2 Å². The molecular weight excluding hydrogens is 400 g/mol. The Morgan fingerprint density at radius 2 is 1.72 bits per heavy atom. The van der Waals surface area contributed by atoms with Crippen LogP contribution in [0.4, 0.5) is 0 Å². The Morgan fingerprint density at radius 3 is 2.53 bits per heavy atom. The lowest BCUT2D eigenvalue weighted by Gasteiger charge is -2.17. The van der Waals surface area contributed by atoms with Crippen LogP contribution < -0.4 is 14.8 Å². The van der Waals surface area contributed by atoms with E-state index in [4.69, 9.17) is 9.47 Å². The van der Waals surface area contributed by atoms with Crippen molar-refractivity contribution in [2.45, 2.75) is 31.8 Å². The third kappa shape index (κ3) is 6.11. The summed E-state index contributed by atoms with van der Waals surface area (Å²) in [6, 6.07) is 26.2. The second kappa shape index (κ2) is 10.8. The van der Waals surface area contributed by atoms with E-state index in [1.165, 1.54) is 11.1 Å². The summed E-state index contributed by atoms with van der Waals surface area (Å²) in [5.41, 5.74) is 2.39. The van der Waals surface area contributed by atoms with Gasteiger partial charge in [0.2, 0.25) is 5.91 Å². The number of nitrogens with zero attached hydrogens (tertiary/aromatic N) is 1. The van der Waals surface area contributed by atoms with Gasteiger partial charge in [-0.2, -0.15) is 0 Å². The van der Waals surface area contributed by atoms with Crippen molar-refractivity contribution in [2.24, 2.45) is 0 Å². The standard InChI is InChI=1S/C27H30N2O3/c1-31-25-12-5-6-13-26(25)32-24-11-7-10-22(18-24)19-29-17-16-23(20-29)28-27(30)15-14-21-8-3-2-4-9-21/h2-13,18,23H,14-17,19-20H2,1H3,(H,28,30)/t23-/m0/s1. The summed E-state index contributed by atoms with van der Waals surface area (Å²) >= 11 is 0. The van der Waals surface area contributed by atoms with Gasteiger partial charge in [0.15, 0.2) is 11.5 Å². The van der Waals surface area contributed by atoms with E-state index in [1.54, 1.807) is 7.11 Å². The molecule has 1 atom stereocenters. The van der Waals surface area contributed by atoms with Crippen LogP contribution in [-0.2, 0) is 17.8 Å². The molecule has 1 aliphatic rings. The van der Waals surface area contributed by atoms with Gasteiger partial charge in [0.1, 0.15) is 5.75 Å². The molecule has 0 aromatic heterocycles. The van der Waals surface area contributed by atoms with Gasteiger partial charge in [-0.1, -0.05) is 54.6 Å². The van der Waals surface area contributed by atoms with Crippen molar-refractivity contribution in [3.8, 4) is 17.2 Å². The predicted molar refractivity (Wildman–Crippen MR) is 126 cm³/mol. The van der Waals surface area contributed by atoms with Crippen LogP contribution in [0.1, 0.15) is 24.0 Å². The van der Waals surface area contributed by atoms with E-state index < -0.39 is 0 Å². The van der Waals surface area contributed by atoms with Crippen molar-refractivity contribution < 1.29 is 14.3 Å². The van der Waals surface area contributed by atoms with Crippen LogP contribution in [-0.4, -0.2) is 37.0 Å². The third-order valence-electron chi connectivity index (χ3n) is 5.72. The van der Waals surface area contributed by atoms with E-state index in [9.17, 15) is 4.79 Å². The van der Waals surface area contributed by atoms with Crippen LogP contribution in [0.3, 0.4) is 0 Å². The van der Waals surface area contributed by atoms with Gasteiger partial charge in [-0.15, -0.1) is 0 Å². The number of para-hydroxylation sites is 2. The molecule has 0 aliphatic carbocycles. The minimum absolute atomic E-state index is 0.132. The van der Waals surface area contributed by atoms with Gasteiger partial charge in [-0.25, -0.2) is 0 Å². The summed E-state index contributed by atoms with van der Waals surface area (Å²) in [6.45, 7) is 2.68. The lowest BCUT2D eigenvalue weighted by atomic mass is 10.1. The van der Waals surface area contributed by atoms with Crippen LogP contribution >= 0.6 is 0 Å². The molecule has 0 unspecified atom stereocenters. The molecule has 1 N–H and O–H groups in total. The number of rotatable bonds is 9. The number of hydrogen-bond donors (Lipinski definition) is 1. The second-order valence-electron chi connectivity index (χ2n) is 8.17. The highest BCUT2D eigenvalue weighted by Gasteiger charge is 2.23. The quantitative estimate of drug-likeness (QED) is 0.529. The molecule has 1 amide bonds. The Bertz CT molecular complexity index is 1020. The summed E-state index contributed by atoms with van der Waals surface area (Å²) in [5, 5.41) is 3.20. The highest BCUT2D eigenvalue weighted by atomic mass is 16.5. The van der Waals surface area contributed by atoms with Crippen LogP contribution in [0.15, 0.2) is 78.9 Å². The first-order chi connectivity index (χ1) is 15.7. The zero-order valence-electron chi connectivity index (χ0n) is 18.5. The van der Waals surface area contributed by atoms with Gasteiger partial charge in [0.05, 0.1) is 7.11 Å². The number of amides is 1. The molecule has 3 aromatic carbocycles. The number of carbonyl (C=O) groups excluding carboxylic acids is 1. The Morgan fingerprint density at radius 1 is 0.969 bits per heavy atom. The number of hydrogen-bond acceptors (Lipinski definition) is 4. The zero-order chi connectivity index (χ0) is 22.2. The van der Waals surface area contributed by atoms with Crippen LogP contribution in [0, 0.1) is 0 Å². The minimum Gasteiger partial charge on any atom is -0.493 e. The van der Waals surface area contributed by atoms with Crippen molar-refractivity contribution in [3.05, 3.63) is 90.0 Å². The average Bonchev–Trinajstić information content (AvgIpc) is 3.25. The van der Waals surface area contributed by atoms with Crippen LogP contribution in [0.2, 0.25) is 0 Å². The largest absolute Gasteiger partial charge is 0.493 e. The summed E-state index contributed by atoms with van der Waals surface area (Å²) in [6.07, 6.45) is 2.29. The topological polar surface area (TPSA) is 50.8 Å². The molecule has 5 heteroatoms. The maximum Gasteiger partial charge on any atom is 0.220 e. The zero-order valence-corrected chi connectivity index (χ0v) is 18.5. The lowest BCUT2D eigenvalue weighted by molar-refractivity contribution is -0.121. The molecule has 1 fully saturated rings. The van der Waals surface area contributed by atoms with E-state index in [-0.39, 0.29) is 11.9 Å². The number of benzene rings is 3. The highest BCUT2D eigenvalue weighted by Crippen LogP contribution is 2.31. The fourth-order valence-electron chi connectivity index (χ4n) is 4.09. The van der Waals surface area contributed by atoms with E-state index in [2.05, 4.69) is 34.5 Å². The van der Waals surface area contributed by atoms with Crippen molar-refractivity contribution in [1.29, 1.82) is 0 Å². The molecule has 166 valence electrons. The number of carbonyl (C=O) groups is 1. The first-order valence-electron chi connectivity index (χ1n) is 11.1. The maximum absolute atomic E-state index is 12.4. The third-order valence-corrected chi connectivity index (χ3v) is 5.72. The van der Waals surface area contributed by atoms with Crippen molar-refractivity contribution >= 4 is 5.91 Å². The van der Waals surface area contributed by atoms with E-state index in [1.807, 2.05) is 54.6 Å². The van der Waals surface area contributed by atoms with Crippen LogP contribution in [0.25, 0.3) is 0 Å². The van der Waals surface area contributed by atoms with Gasteiger partial charge in [0, 0.05) is 32.1 Å². The fourth-order valence-corrected chi connectivity index (χ4v) is 4.09. The van der Waals surface area contributed by atoms with Gasteiger partial charge in [-0.3, -0.25) is 9.69 Å². The normalized spacial score (nSPS) is 16.0. The number of aryl methyl sites for hydroxylation is 1. The first kappa shape index (κ1) is 21.9. The molecule has 5 nitrogen and oxygen atoms in total. The van der Waals surface area contributed by atoms with Gasteiger partial charge >= 0.3 is 0 Å². The minimum atomic E-state index is 0.132. The Balaban J connectivity index is 1.26. The predicted octanol–water partition coefficient (Wildman–Crippen LogP) is 4.81. The fraction of sp³-hybridized carbons (Fsp3) is 0.296. The van der Waals surface area contributed by atoms with Crippen molar-refractivity contribution in [2.75, 3.05) is 20.2 Å². The molecule has 32 heavy (non-hydrogen) atoms. The van der Waals surface area contributed by atoms with Gasteiger partial charge < -0.3 is 14.8 Å². The summed E-state index contributed by atoms with van der Waals surface area (Å²) in [4.78, 5) is 14.7. The molecule has 0 bridgehead atoms. The van der Waals surface area contributed by atoms with Crippen LogP contribution in [0.5, 0.6) is 17.2 Å². The summed E-state index contributed by atoms with van der Waals surface area (Å²) < 4.78 is 11.4. The Hall–Kier alpha value is -3.31. The van der Waals surface area contributed by atoms with Crippen molar-refractivity contribution in [1.82, 2.24) is 10.2 Å². The second-order valence-corrected chi connectivity index (χ2v) is 8.17. The lowest BCUT2D eigenvalue weighted by Crippen LogP contribution is -2.37. The molecular formula is C27H30N2O3.